The molecule has 8 nitrogen and oxygen atoms in total. The van der Waals surface area contributed by atoms with E-state index in [0.29, 0.717) is 11.5 Å². The second-order valence-corrected chi connectivity index (χ2v) is 7.82. The lowest BCUT2D eigenvalue weighted by atomic mass is 9.87. The Morgan fingerprint density at radius 1 is 1.22 bits per heavy atom. The molecular formula is C24H23N5O3. The Hall–Kier alpha value is -3.94. The molecule has 0 fully saturated rings. The molecule has 1 aliphatic rings. The van der Waals surface area contributed by atoms with E-state index in [4.69, 9.17) is 9.26 Å². The molecule has 0 saturated heterocycles. The largest absolute Gasteiger partial charge is 0.486 e. The molecule has 4 aromatic rings. The standard InChI is InChI=1S/C24H23N5O3/c1-28(23-8-4-6-17-5-2-3-7-21(17)23)24(30)22-13-20(32-27-22)14-31-19-11-9-18(10-12-19)29-16-25-15-26-29/h2-3,5,7,9-13,15-16,23H,4,6,8,14H2,1H3/t23-/m0/s1. The zero-order chi connectivity index (χ0) is 21.9. The fraction of sp³-hybridized carbons (Fsp3) is 0.250. The van der Waals surface area contributed by atoms with Crippen LogP contribution in [0.25, 0.3) is 5.69 Å². The van der Waals surface area contributed by atoms with Gasteiger partial charge in [0.1, 0.15) is 25.0 Å². The van der Waals surface area contributed by atoms with Crippen LogP contribution in [0, 0.1) is 0 Å². The average Bonchev–Trinajstić information content (AvgIpc) is 3.54. The van der Waals surface area contributed by atoms with Crippen molar-refractivity contribution in [3.63, 3.8) is 0 Å². The van der Waals surface area contributed by atoms with Gasteiger partial charge < -0.3 is 14.2 Å². The van der Waals surface area contributed by atoms with E-state index in [0.717, 1.165) is 24.9 Å². The first-order valence-corrected chi connectivity index (χ1v) is 10.6. The van der Waals surface area contributed by atoms with Crippen LogP contribution in [0.4, 0.5) is 0 Å². The third kappa shape index (κ3) is 3.99. The number of nitrogens with zero attached hydrogens (tertiary/aromatic N) is 5. The number of carbonyl (C=O) groups excluding carboxylic acids is 1. The van der Waals surface area contributed by atoms with Crippen molar-refractivity contribution in [3.8, 4) is 11.4 Å². The van der Waals surface area contributed by atoms with Gasteiger partial charge in [-0.25, -0.2) is 9.67 Å². The van der Waals surface area contributed by atoms with E-state index in [2.05, 4.69) is 33.4 Å². The van der Waals surface area contributed by atoms with Gasteiger partial charge in [0, 0.05) is 13.1 Å². The van der Waals surface area contributed by atoms with Crippen LogP contribution in [-0.2, 0) is 13.0 Å². The van der Waals surface area contributed by atoms with Crippen molar-refractivity contribution in [1.82, 2.24) is 24.8 Å². The van der Waals surface area contributed by atoms with Gasteiger partial charge in [0.05, 0.1) is 11.7 Å². The molecule has 1 atom stereocenters. The summed E-state index contributed by atoms with van der Waals surface area (Å²) in [5.74, 6) is 1.01. The van der Waals surface area contributed by atoms with Gasteiger partial charge >= 0.3 is 0 Å². The van der Waals surface area contributed by atoms with Crippen molar-refractivity contribution in [2.24, 2.45) is 0 Å². The lowest BCUT2D eigenvalue weighted by molar-refractivity contribution is 0.0704. The lowest BCUT2D eigenvalue weighted by Crippen LogP contribution is -2.33. The Labute approximate surface area is 185 Å². The lowest BCUT2D eigenvalue weighted by Gasteiger charge is -2.32. The van der Waals surface area contributed by atoms with Gasteiger partial charge in [-0.15, -0.1) is 0 Å². The van der Waals surface area contributed by atoms with Crippen LogP contribution in [0.2, 0.25) is 0 Å². The first kappa shape index (κ1) is 20.0. The fourth-order valence-electron chi connectivity index (χ4n) is 4.13. The minimum Gasteiger partial charge on any atom is -0.486 e. The van der Waals surface area contributed by atoms with E-state index in [9.17, 15) is 4.79 Å². The Balaban J connectivity index is 1.22. The number of rotatable bonds is 6. The maximum atomic E-state index is 13.0. The molecule has 8 heteroatoms. The second kappa shape index (κ2) is 8.66. The maximum absolute atomic E-state index is 13.0. The number of ether oxygens (including phenoxy) is 1. The molecule has 1 amide bonds. The van der Waals surface area contributed by atoms with E-state index in [1.54, 1.807) is 22.0 Å². The zero-order valence-electron chi connectivity index (χ0n) is 17.7. The van der Waals surface area contributed by atoms with E-state index >= 15 is 0 Å². The highest BCUT2D eigenvalue weighted by molar-refractivity contribution is 5.92. The van der Waals surface area contributed by atoms with Gasteiger partial charge in [-0.2, -0.15) is 5.10 Å². The summed E-state index contributed by atoms with van der Waals surface area (Å²) in [5, 5.41) is 8.08. The topological polar surface area (TPSA) is 86.3 Å². The predicted octanol–water partition coefficient (Wildman–Crippen LogP) is 3.98. The van der Waals surface area contributed by atoms with Crippen molar-refractivity contribution in [3.05, 3.63) is 89.8 Å². The molecule has 0 unspecified atom stereocenters. The van der Waals surface area contributed by atoms with Crippen molar-refractivity contribution >= 4 is 5.91 Å². The molecule has 0 spiro atoms. The number of aryl methyl sites for hydroxylation is 1. The van der Waals surface area contributed by atoms with Crippen LogP contribution in [0.3, 0.4) is 0 Å². The molecule has 2 aromatic heterocycles. The van der Waals surface area contributed by atoms with Crippen LogP contribution in [0.5, 0.6) is 5.75 Å². The first-order valence-electron chi connectivity index (χ1n) is 10.6. The van der Waals surface area contributed by atoms with Crippen LogP contribution in [0.1, 0.15) is 46.3 Å². The Bertz CT molecular complexity index is 1200. The summed E-state index contributed by atoms with van der Waals surface area (Å²) in [4.78, 5) is 18.7. The van der Waals surface area contributed by atoms with Crippen LogP contribution in [0.15, 0.2) is 71.8 Å². The molecule has 0 radical (unpaired) electrons. The summed E-state index contributed by atoms with van der Waals surface area (Å²) in [5.41, 5.74) is 3.70. The molecule has 0 saturated carbocycles. The summed E-state index contributed by atoms with van der Waals surface area (Å²) >= 11 is 0. The number of aromatic nitrogens is 4. The zero-order valence-corrected chi connectivity index (χ0v) is 17.7. The summed E-state index contributed by atoms with van der Waals surface area (Å²) in [6.45, 7) is 0.179. The molecule has 0 N–H and O–H groups in total. The van der Waals surface area contributed by atoms with Gasteiger partial charge in [0.2, 0.25) is 0 Å². The summed E-state index contributed by atoms with van der Waals surface area (Å²) in [7, 11) is 1.83. The Morgan fingerprint density at radius 2 is 2.06 bits per heavy atom. The fourth-order valence-corrected chi connectivity index (χ4v) is 4.13. The van der Waals surface area contributed by atoms with Crippen molar-refractivity contribution in [1.29, 1.82) is 0 Å². The van der Waals surface area contributed by atoms with Crippen molar-refractivity contribution in [2.45, 2.75) is 31.9 Å². The number of hydrogen-bond acceptors (Lipinski definition) is 6. The molecule has 0 aliphatic heterocycles. The minimum absolute atomic E-state index is 0.0485. The third-order valence-corrected chi connectivity index (χ3v) is 5.80. The maximum Gasteiger partial charge on any atom is 0.276 e. The Kier molecular flexibility index (Phi) is 5.41. The van der Waals surface area contributed by atoms with Crippen LogP contribution in [-0.4, -0.2) is 37.8 Å². The van der Waals surface area contributed by atoms with Crippen LogP contribution >= 0.6 is 0 Å². The quantitative estimate of drug-likeness (QED) is 0.461. The van der Waals surface area contributed by atoms with E-state index < -0.39 is 0 Å². The molecule has 1 aliphatic carbocycles. The number of fused-ring (bicyclic) bond motifs is 1. The summed E-state index contributed by atoms with van der Waals surface area (Å²) < 4.78 is 12.8. The molecule has 162 valence electrons. The van der Waals surface area contributed by atoms with Crippen LogP contribution < -0.4 is 4.74 Å². The van der Waals surface area contributed by atoms with Crippen molar-refractivity contribution in [2.75, 3.05) is 7.05 Å². The average molecular weight is 429 g/mol. The smallest absolute Gasteiger partial charge is 0.276 e. The molecule has 5 rings (SSSR count). The van der Waals surface area contributed by atoms with Gasteiger partial charge in [-0.3, -0.25) is 4.79 Å². The van der Waals surface area contributed by atoms with Gasteiger partial charge in [0.25, 0.3) is 5.91 Å². The van der Waals surface area contributed by atoms with E-state index in [1.807, 2.05) is 37.4 Å². The molecule has 32 heavy (non-hydrogen) atoms. The van der Waals surface area contributed by atoms with Crippen molar-refractivity contribution < 1.29 is 14.1 Å². The van der Waals surface area contributed by atoms with Gasteiger partial charge in [-0.1, -0.05) is 29.4 Å². The first-order chi connectivity index (χ1) is 15.7. The third-order valence-electron chi connectivity index (χ3n) is 5.80. The highest BCUT2D eigenvalue weighted by Crippen LogP contribution is 2.34. The number of amides is 1. The normalized spacial score (nSPS) is 15.2. The highest BCUT2D eigenvalue weighted by Gasteiger charge is 2.28. The number of carbonyl (C=O) groups is 1. The second-order valence-electron chi connectivity index (χ2n) is 7.82. The number of hydrogen-bond donors (Lipinski definition) is 0. The molecular weight excluding hydrogens is 406 g/mol. The predicted molar refractivity (Wildman–Crippen MR) is 116 cm³/mol. The molecule has 2 aromatic carbocycles. The van der Waals surface area contributed by atoms with E-state index in [1.165, 1.54) is 17.5 Å². The highest BCUT2D eigenvalue weighted by atomic mass is 16.5. The summed E-state index contributed by atoms with van der Waals surface area (Å²) in [6.07, 6.45) is 6.17. The Morgan fingerprint density at radius 3 is 2.88 bits per heavy atom. The SMILES string of the molecule is CN(C(=O)c1cc(COc2ccc(-n3cncn3)cc2)on1)[C@H]1CCCc2ccccc21. The summed E-state index contributed by atoms with van der Waals surface area (Å²) in [6, 6.07) is 17.5. The molecule has 0 bridgehead atoms. The minimum atomic E-state index is -0.154. The number of benzene rings is 2. The van der Waals surface area contributed by atoms with Gasteiger partial charge in [-0.05, 0) is 54.7 Å². The van der Waals surface area contributed by atoms with E-state index in [-0.39, 0.29) is 24.2 Å². The van der Waals surface area contributed by atoms with Gasteiger partial charge in [0.15, 0.2) is 11.5 Å². The molecule has 2 heterocycles. The monoisotopic (exact) mass is 429 g/mol.